The molecular formula is C18H17NO3. The number of nitrogens with zero attached hydrogens (tertiary/aromatic N) is 1. The van der Waals surface area contributed by atoms with Crippen LogP contribution in [0.3, 0.4) is 0 Å². The fourth-order valence-corrected chi connectivity index (χ4v) is 2.98. The van der Waals surface area contributed by atoms with Gasteiger partial charge in [-0.05, 0) is 43.2 Å². The van der Waals surface area contributed by atoms with Crippen molar-refractivity contribution in [3.63, 3.8) is 0 Å². The fourth-order valence-electron chi connectivity index (χ4n) is 2.98. The van der Waals surface area contributed by atoms with Crippen LogP contribution in [0.1, 0.15) is 21.5 Å². The molecule has 1 aromatic carbocycles. The number of aromatic carboxylic acids is 1. The van der Waals surface area contributed by atoms with E-state index in [1.54, 1.807) is 7.11 Å². The molecule has 0 spiro atoms. The topological polar surface area (TPSA) is 50.9 Å². The van der Waals surface area contributed by atoms with Gasteiger partial charge in [0.15, 0.2) is 0 Å². The van der Waals surface area contributed by atoms with Crippen molar-refractivity contribution in [2.24, 2.45) is 0 Å². The molecule has 0 aliphatic heterocycles. The quantitative estimate of drug-likeness (QED) is 0.796. The Morgan fingerprint density at radius 1 is 1.18 bits per heavy atom. The Labute approximate surface area is 128 Å². The molecule has 4 heteroatoms. The normalized spacial score (nSPS) is 10.9. The second-order valence-corrected chi connectivity index (χ2v) is 5.38. The van der Waals surface area contributed by atoms with Crippen LogP contribution in [0.25, 0.3) is 16.6 Å². The highest BCUT2D eigenvalue weighted by Gasteiger charge is 2.21. The molecule has 3 rings (SSSR count). The van der Waals surface area contributed by atoms with Crippen LogP contribution in [-0.4, -0.2) is 22.6 Å². The lowest BCUT2D eigenvalue weighted by Crippen LogP contribution is -1.99. The third-order valence-corrected chi connectivity index (χ3v) is 3.81. The van der Waals surface area contributed by atoms with Crippen molar-refractivity contribution in [2.45, 2.75) is 13.8 Å². The third-order valence-electron chi connectivity index (χ3n) is 3.81. The molecule has 0 amide bonds. The van der Waals surface area contributed by atoms with E-state index in [4.69, 9.17) is 4.74 Å². The average Bonchev–Trinajstić information content (AvgIpc) is 2.85. The number of ether oxygens (including phenoxy) is 1. The highest BCUT2D eigenvalue weighted by atomic mass is 16.5. The van der Waals surface area contributed by atoms with Crippen molar-refractivity contribution in [1.29, 1.82) is 0 Å². The maximum absolute atomic E-state index is 11.8. The summed E-state index contributed by atoms with van der Waals surface area (Å²) in [6.07, 6.45) is 3.69. The van der Waals surface area contributed by atoms with Crippen LogP contribution < -0.4 is 4.74 Å². The first kappa shape index (κ1) is 14.2. The molecular weight excluding hydrogens is 278 g/mol. The van der Waals surface area contributed by atoms with Gasteiger partial charge in [-0.1, -0.05) is 12.1 Å². The summed E-state index contributed by atoms with van der Waals surface area (Å²) in [4.78, 5) is 11.8. The number of rotatable bonds is 3. The summed E-state index contributed by atoms with van der Waals surface area (Å²) in [5.41, 5.74) is 4.50. The molecule has 0 bridgehead atoms. The van der Waals surface area contributed by atoms with Crippen molar-refractivity contribution >= 4 is 11.5 Å². The van der Waals surface area contributed by atoms with Crippen LogP contribution in [0.2, 0.25) is 0 Å². The lowest BCUT2D eigenvalue weighted by atomic mass is 9.98. The number of aryl methyl sites for hydroxylation is 2. The van der Waals surface area contributed by atoms with Gasteiger partial charge in [-0.2, -0.15) is 0 Å². The van der Waals surface area contributed by atoms with Crippen LogP contribution >= 0.6 is 0 Å². The summed E-state index contributed by atoms with van der Waals surface area (Å²) in [5.74, 6) is -0.228. The number of methoxy groups -OCH3 is 1. The van der Waals surface area contributed by atoms with E-state index in [0.717, 1.165) is 16.7 Å². The van der Waals surface area contributed by atoms with E-state index >= 15 is 0 Å². The summed E-state index contributed by atoms with van der Waals surface area (Å²) in [7, 11) is 1.61. The van der Waals surface area contributed by atoms with Gasteiger partial charge >= 0.3 is 5.97 Å². The molecule has 1 N–H and O–H groups in total. The standard InChI is InChI=1S/C18H17NO3/c1-11-8-12(2)17(22-3)13(9-11)14-10-19-7-5-4-6-15(19)16(14)18(20)21/h4-10H,1-3H3,(H,20,21). The summed E-state index contributed by atoms with van der Waals surface area (Å²) in [6, 6.07) is 9.51. The molecule has 0 radical (unpaired) electrons. The number of carboxylic acids is 1. The molecule has 0 aliphatic rings. The number of hydrogen-bond acceptors (Lipinski definition) is 2. The summed E-state index contributed by atoms with van der Waals surface area (Å²) in [5, 5.41) is 9.66. The van der Waals surface area contributed by atoms with E-state index in [-0.39, 0.29) is 0 Å². The molecule has 4 nitrogen and oxygen atoms in total. The minimum Gasteiger partial charge on any atom is -0.496 e. The highest BCUT2D eigenvalue weighted by Crippen LogP contribution is 2.38. The molecule has 22 heavy (non-hydrogen) atoms. The lowest BCUT2D eigenvalue weighted by molar-refractivity contribution is 0.0700. The molecule has 0 unspecified atom stereocenters. The van der Waals surface area contributed by atoms with E-state index in [0.29, 0.717) is 22.4 Å². The number of carboxylic acid groups (broad SMARTS) is 1. The second kappa shape index (κ2) is 5.22. The molecule has 2 aromatic heterocycles. The summed E-state index contributed by atoms with van der Waals surface area (Å²) in [6.45, 7) is 3.96. The fraction of sp³-hybridized carbons (Fsp3) is 0.167. The van der Waals surface area contributed by atoms with E-state index in [1.165, 1.54) is 0 Å². The Bertz CT molecular complexity index is 877. The first-order valence-electron chi connectivity index (χ1n) is 7.01. The van der Waals surface area contributed by atoms with E-state index in [2.05, 4.69) is 0 Å². The van der Waals surface area contributed by atoms with Crippen LogP contribution in [-0.2, 0) is 0 Å². The number of pyridine rings is 1. The summed E-state index contributed by atoms with van der Waals surface area (Å²) < 4.78 is 7.34. The number of carbonyl (C=O) groups is 1. The van der Waals surface area contributed by atoms with Crippen LogP contribution in [0.15, 0.2) is 42.7 Å². The van der Waals surface area contributed by atoms with Gasteiger partial charge in [0.05, 0.1) is 18.2 Å². The Balaban J connectivity index is 2.40. The van der Waals surface area contributed by atoms with Crippen LogP contribution in [0.4, 0.5) is 0 Å². The summed E-state index contributed by atoms with van der Waals surface area (Å²) >= 11 is 0. The van der Waals surface area contributed by atoms with Gasteiger partial charge in [0.2, 0.25) is 0 Å². The van der Waals surface area contributed by atoms with Crippen LogP contribution in [0.5, 0.6) is 5.75 Å². The first-order valence-corrected chi connectivity index (χ1v) is 7.01. The van der Waals surface area contributed by atoms with Gasteiger partial charge in [0.25, 0.3) is 0 Å². The van der Waals surface area contributed by atoms with Gasteiger partial charge in [0.1, 0.15) is 5.75 Å². The zero-order chi connectivity index (χ0) is 15.9. The monoisotopic (exact) mass is 295 g/mol. The average molecular weight is 295 g/mol. The largest absolute Gasteiger partial charge is 0.496 e. The van der Waals surface area contributed by atoms with Crippen molar-refractivity contribution in [3.8, 4) is 16.9 Å². The van der Waals surface area contributed by atoms with Crippen molar-refractivity contribution in [2.75, 3.05) is 7.11 Å². The lowest BCUT2D eigenvalue weighted by Gasteiger charge is -2.12. The Morgan fingerprint density at radius 2 is 1.95 bits per heavy atom. The third kappa shape index (κ3) is 2.13. The molecule has 0 saturated carbocycles. The van der Waals surface area contributed by atoms with Gasteiger partial charge in [-0.15, -0.1) is 0 Å². The minimum absolute atomic E-state index is 0.295. The highest BCUT2D eigenvalue weighted by molar-refractivity contribution is 6.04. The number of aromatic nitrogens is 1. The smallest absolute Gasteiger partial charge is 0.338 e. The van der Waals surface area contributed by atoms with Crippen molar-refractivity contribution in [3.05, 3.63) is 59.4 Å². The maximum atomic E-state index is 11.8. The Kier molecular flexibility index (Phi) is 3.37. The van der Waals surface area contributed by atoms with Gasteiger partial charge in [-0.25, -0.2) is 4.79 Å². The number of fused-ring (bicyclic) bond motifs is 1. The zero-order valence-electron chi connectivity index (χ0n) is 12.8. The van der Waals surface area contributed by atoms with Gasteiger partial charge in [0, 0.05) is 23.5 Å². The van der Waals surface area contributed by atoms with Crippen molar-refractivity contribution < 1.29 is 14.6 Å². The first-order chi connectivity index (χ1) is 10.5. The molecule has 2 heterocycles. The SMILES string of the molecule is COc1c(C)cc(C)cc1-c1cn2ccccc2c1C(=O)O. The number of benzene rings is 1. The van der Waals surface area contributed by atoms with Gasteiger partial charge < -0.3 is 14.2 Å². The van der Waals surface area contributed by atoms with Crippen LogP contribution in [0, 0.1) is 13.8 Å². The maximum Gasteiger partial charge on any atom is 0.338 e. The number of hydrogen-bond donors (Lipinski definition) is 1. The zero-order valence-corrected chi connectivity index (χ0v) is 12.8. The Hall–Kier alpha value is -2.75. The molecule has 0 saturated heterocycles. The minimum atomic E-state index is -0.940. The molecule has 0 fully saturated rings. The molecule has 3 aromatic rings. The Morgan fingerprint density at radius 3 is 2.64 bits per heavy atom. The molecule has 0 atom stereocenters. The van der Waals surface area contributed by atoms with Crippen molar-refractivity contribution in [1.82, 2.24) is 4.40 Å². The predicted molar refractivity (Wildman–Crippen MR) is 85.8 cm³/mol. The molecule has 112 valence electrons. The second-order valence-electron chi connectivity index (χ2n) is 5.38. The molecule has 0 aliphatic carbocycles. The van der Waals surface area contributed by atoms with E-state index in [9.17, 15) is 9.90 Å². The van der Waals surface area contributed by atoms with Gasteiger partial charge in [-0.3, -0.25) is 0 Å². The predicted octanol–water partition coefficient (Wildman–Crippen LogP) is 3.93. The van der Waals surface area contributed by atoms with E-state index in [1.807, 2.05) is 61.0 Å². The van der Waals surface area contributed by atoms with E-state index < -0.39 is 5.97 Å².